The summed E-state index contributed by atoms with van der Waals surface area (Å²) in [6.07, 6.45) is 3.00. The van der Waals surface area contributed by atoms with Crippen molar-refractivity contribution in [2.75, 3.05) is 26.0 Å². The molecule has 0 aromatic rings. The summed E-state index contributed by atoms with van der Waals surface area (Å²) in [5, 5.41) is 4.06. The third kappa shape index (κ3) is 5.73. The van der Waals surface area contributed by atoms with E-state index >= 15 is 0 Å². The molecule has 0 bridgehead atoms. The third-order valence-electron chi connectivity index (χ3n) is 2.17. The highest BCUT2D eigenvalue weighted by Crippen LogP contribution is 2.20. The zero-order chi connectivity index (χ0) is 9.52. The Bertz CT molecular complexity index is 163. The van der Waals surface area contributed by atoms with Crippen LogP contribution < -0.4 is 5.32 Å². The quantitative estimate of drug-likeness (QED) is 0.754. The largest absolute Gasteiger partial charge is 0.469 e. The van der Waals surface area contributed by atoms with Gasteiger partial charge in [-0.3, -0.25) is 4.79 Å². The number of methoxy groups -OCH3 is 1. The highest BCUT2D eigenvalue weighted by molar-refractivity contribution is 7.99. The molecule has 84 valence electrons. The summed E-state index contributed by atoms with van der Waals surface area (Å²) in [5.74, 6) is 0.804. The van der Waals surface area contributed by atoms with Crippen molar-refractivity contribution < 1.29 is 9.53 Å². The summed E-state index contributed by atoms with van der Waals surface area (Å²) < 4.78 is 4.57. The van der Waals surface area contributed by atoms with E-state index in [0.29, 0.717) is 6.42 Å². The summed E-state index contributed by atoms with van der Waals surface area (Å²) in [7, 11) is 1.44. The SMILES string of the molecule is COC(=O)CCSC1CCNCC1.Cl. The Kier molecular flexibility index (Phi) is 8.43. The molecule has 0 unspecified atom stereocenters. The van der Waals surface area contributed by atoms with Crippen molar-refractivity contribution in [3.05, 3.63) is 0 Å². The fourth-order valence-electron chi connectivity index (χ4n) is 1.37. The molecular formula is C9H18ClNO2S. The molecule has 1 saturated heterocycles. The molecule has 14 heavy (non-hydrogen) atoms. The highest BCUT2D eigenvalue weighted by Gasteiger charge is 2.13. The molecule has 1 N–H and O–H groups in total. The first-order chi connectivity index (χ1) is 6.33. The number of hydrogen-bond acceptors (Lipinski definition) is 4. The first kappa shape index (κ1) is 14.1. The van der Waals surface area contributed by atoms with Crippen molar-refractivity contribution in [2.45, 2.75) is 24.5 Å². The van der Waals surface area contributed by atoms with Crippen molar-refractivity contribution in [1.29, 1.82) is 0 Å². The Balaban J connectivity index is 0.00000169. The van der Waals surface area contributed by atoms with Crippen LogP contribution in [-0.2, 0) is 9.53 Å². The van der Waals surface area contributed by atoms with E-state index in [1.165, 1.54) is 20.0 Å². The summed E-state index contributed by atoms with van der Waals surface area (Å²) >= 11 is 1.90. The van der Waals surface area contributed by atoms with Crippen LogP contribution in [-0.4, -0.2) is 37.2 Å². The Labute approximate surface area is 95.8 Å². The molecule has 0 aliphatic carbocycles. The van der Waals surface area contributed by atoms with Crippen molar-refractivity contribution >= 4 is 30.1 Å². The molecule has 1 rings (SSSR count). The van der Waals surface area contributed by atoms with E-state index in [0.717, 1.165) is 24.1 Å². The van der Waals surface area contributed by atoms with Gasteiger partial charge in [-0.05, 0) is 25.9 Å². The number of hydrogen-bond donors (Lipinski definition) is 1. The molecule has 0 atom stereocenters. The summed E-state index contributed by atoms with van der Waals surface area (Å²) in [6.45, 7) is 2.24. The van der Waals surface area contributed by atoms with Crippen LogP contribution in [0.15, 0.2) is 0 Å². The van der Waals surface area contributed by atoms with Gasteiger partial charge in [0.2, 0.25) is 0 Å². The van der Waals surface area contributed by atoms with Crippen molar-refractivity contribution in [3.8, 4) is 0 Å². The van der Waals surface area contributed by atoms with E-state index in [9.17, 15) is 4.79 Å². The van der Waals surface area contributed by atoms with Crippen LogP contribution in [0, 0.1) is 0 Å². The van der Waals surface area contributed by atoms with Gasteiger partial charge in [0.25, 0.3) is 0 Å². The average molecular weight is 240 g/mol. The lowest BCUT2D eigenvalue weighted by Crippen LogP contribution is -2.29. The number of carbonyl (C=O) groups is 1. The van der Waals surface area contributed by atoms with Crippen molar-refractivity contribution in [1.82, 2.24) is 5.32 Å². The smallest absolute Gasteiger partial charge is 0.306 e. The van der Waals surface area contributed by atoms with Gasteiger partial charge in [-0.15, -0.1) is 12.4 Å². The molecule has 0 radical (unpaired) electrons. The molecule has 0 amide bonds. The normalized spacial score (nSPS) is 17.2. The number of piperidine rings is 1. The van der Waals surface area contributed by atoms with Gasteiger partial charge < -0.3 is 10.1 Å². The zero-order valence-corrected chi connectivity index (χ0v) is 10.1. The van der Waals surface area contributed by atoms with Crippen LogP contribution >= 0.6 is 24.2 Å². The fourth-order valence-corrected chi connectivity index (χ4v) is 2.56. The summed E-state index contributed by atoms with van der Waals surface area (Å²) in [5.41, 5.74) is 0. The van der Waals surface area contributed by atoms with Crippen molar-refractivity contribution in [3.63, 3.8) is 0 Å². The molecular weight excluding hydrogens is 222 g/mol. The Morgan fingerprint density at radius 1 is 1.50 bits per heavy atom. The van der Waals surface area contributed by atoms with Crippen LogP contribution in [0.3, 0.4) is 0 Å². The van der Waals surface area contributed by atoms with Crippen molar-refractivity contribution in [2.24, 2.45) is 0 Å². The van der Waals surface area contributed by atoms with E-state index in [1.807, 2.05) is 11.8 Å². The Morgan fingerprint density at radius 2 is 2.14 bits per heavy atom. The molecule has 1 aliphatic rings. The first-order valence-corrected chi connectivity index (χ1v) is 5.77. The molecule has 3 nitrogen and oxygen atoms in total. The van der Waals surface area contributed by atoms with Crippen LogP contribution in [0.2, 0.25) is 0 Å². The number of thioether (sulfide) groups is 1. The van der Waals surface area contributed by atoms with Gasteiger partial charge in [-0.25, -0.2) is 0 Å². The fraction of sp³-hybridized carbons (Fsp3) is 0.889. The maximum Gasteiger partial charge on any atom is 0.306 e. The highest BCUT2D eigenvalue weighted by atomic mass is 35.5. The minimum absolute atomic E-state index is 0. The molecule has 1 heterocycles. The summed E-state index contributed by atoms with van der Waals surface area (Å²) in [6, 6.07) is 0. The van der Waals surface area contributed by atoms with E-state index in [2.05, 4.69) is 10.1 Å². The number of nitrogens with one attached hydrogen (secondary N) is 1. The van der Waals surface area contributed by atoms with Gasteiger partial charge in [-0.2, -0.15) is 11.8 Å². The van der Waals surface area contributed by atoms with Gasteiger partial charge in [0.15, 0.2) is 0 Å². The minimum Gasteiger partial charge on any atom is -0.469 e. The van der Waals surface area contributed by atoms with Gasteiger partial charge in [0.1, 0.15) is 0 Å². The molecule has 5 heteroatoms. The Morgan fingerprint density at radius 3 is 2.71 bits per heavy atom. The second kappa shape index (κ2) is 8.38. The van der Waals surface area contributed by atoms with Crippen LogP contribution in [0.5, 0.6) is 0 Å². The Hall–Kier alpha value is 0.0700. The average Bonchev–Trinajstić information content (AvgIpc) is 2.19. The van der Waals surface area contributed by atoms with E-state index in [-0.39, 0.29) is 18.4 Å². The molecule has 0 saturated carbocycles. The van der Waals surface area contributed by atoms with Gasteiger partial charge >= 0.3 is 5.97 Å². The second-order valence-electron chi connectivity index (χ2n) is 3.15. The van der Waals surface area contributed by atoms with Gasteiger partial charge in [-0.1, -0.05) is 0 Å². The maximum absolute atomic E-state index is 10.8. The number of halogens is 1. The topological polar surface area (TPSA) is 38.3 Å². The van der Waals surface area contributed by atoms with E-state index in [1.54, 1.807) is 0 Å². The predicted octanol–water partition coefficient (Wildman–Crippen LogP) is 1.46. The number of ether oxygens (including phenoxy) is 1. The molecule has 1 aliphatic heterocycles. The predicted molar refractivity (Wildman–Crippen MR) is 62.2 cm³/mol. The second-order valence-corrected chi connectivity index (χ2v) is 4.55. The lowest BCUT2D eigenvalue weighted by atomic mass is 10.2. The molecule has 0 spiro atoms. The molecule has 0 aromatic carbocycles. The first-order valence-electron chi connectivity index (χ1n) is 4.72. The number of carbonyl (C=O) groups excluding carboxylic acids is 1. The molecule has 1 fully saturated rings. The van der Waals surface area contributed by atoms with Crippen LogP contribution in [0.4, 0.5) is 0 Å². The van der Waals surface area contributed by atoms with E-state index in [4.69, 9.17) is 0 Å². The number of rotatable bonds is 4. The van der Waals surface area contributed by atoms with Crippen LogP contribution in [0.1, 0.15) is 19.3 Å². The maximum atomic E-state index is 10.8. The number of esters is 1. The van der Waals surface area contributed by atoms with Gasteiger partial charge in [0.05, 0.1) is 13.5 Å². The minimum atomic E-state index is -0.0959. The monoisotopic (exact) mass is 239 g/mol. The van der Waals surface area contributed by atoms with Crippen LogP contribution in [0.25, 0.3) is 0 Å². The lowest BCUT2D eigenvalue weighted by Gasteiger charge is -2.21. The van der Waals surface area contributed by atoms with Gasteiger partial charge in [0, 0.05) is 11.0 Å². The van der Waals surface area contributed by atoms with E-state index < -0.39 is 0 Å². The lowest BCUT2D eigenvalue weighted by molar-refractivity contribution is -0.140. The zero-order valence-electron chi connectivity index (χ0n) is 8.45. The molecule has 0 aromatic heterocycles. The standard InChI is InChI=1S/C9H17NO2S.ClH/c1-12-9(11)4-7-13-8-2-5-10-6-3-8;/h8,10H,2-7H2,1H3;1H. The summed E-state index contributed by atoms with van der Waals surface area (Å²) in [4.78, 5) is 10.8. The third-order valence-corrected chi connectivity index (χ3v) is 3.56.